The van der Waals surface area contributed by atoms with Crippen LogP contribution in [-0.4, -0.2) is 18.1 Å². The van der Waals surface area contributed by atoms with E-state index in [2.05, 4.69) is 37.1 Å². The van der Waals surface area contributed by atoms with Gasteiger partial charge < -0.3 is 10.1 Å². The molecule has 1 aliphatic carbocycles. The van der Waals surface area contributed by atoms with Crippen molar-refractivity contribution in [1.29, 1.82) is 0 Å². The number of aromatic nitrogens is 1. The number of hydrogen-bond acceptors (Lipinski definition) is 3. The minimum Gasteiger partial charge on any atom is -0.481 e. The van der Waals surface area contributed by atoms with Crippen molar-refractivity contribution in [3.05, 3.63) is 18.3 Å². The molecule has 3 nitrogen and oxygen atoms in total. The summed E-state index contributed by atoms with van der Waals surface area (Å²) in [6.45, 7) is 7.12. The zero-order valence-electron chi connectivity index (χ0n) is 13.3. The van der Waals surface area contributed by atoms with E-state index in [0.29, 0.717) is 17.3 Å². The topological polar surface area (TPSA) is 34.1 Å². The number of ether oxygens (including phenoxy) is 1. The molecule has 3 heteroatoms. The predicted molar refractivity (Wildman–Crippen MR) is 84.2 cm³/mol. The van der Waals surface area contributed by atoms with E-state index < -0.39 is 0 Å². The van der Waals surface area contributed by atoms with Crippen molar-refractivity contribution in [2.75, 3.05) is 12.4 Å². The van der Waals surface area contributed by atoms with Gasteiger partial charge in [-0.1, -0.05) is 27.2 Å². The van der Waals surface area contributed by atoms with Crippen LogP contribution < -0.4 is 10.1 Å². The summed E-state index contributed by atoms with van der Waals surface area (Å²) < 4.78 is 5.09. The Labute approximate surface area is 123 Å². The number of rotatable bonds is 3. The molecule has 1 heterocycles. The number of nitrogens with one attached hydrogen (secondary N) is 1. The third-order valence-corrected chi connectivity index (χ3v) is 4.51. The van der Waals surface area contributed by atoms with Crippen LogP contribution in [0.2, 0.25) is 0 Å². The standard InChI is InChI=1S/C17H28N2O/c1-17(2,3)13-6-5-7-14(9-8-13)19-15-10-11-16(20-4)18-12-15/h10-14,19H,5-9H2,1-4H3. The van der Waals surface area contributed by atoms with Gasteiger partial charge in [0.25, 0.3) is 0 Å². The maximum Gasteiger partial charge on any atom is 0.213 e. The van der Waals surface area contributed by atoms with E-state index in [1.54, 1.807) is 7.11 Å². The molecule has 1 N–H and O–H groups in total. The summed E-state index contributed by atoms with van der Waals surface area (Å²) in [6, 6.07) is 4.55. The van der Waals surface area contributed by atoms with Crippen LogP contribution in [0.5, 0.6) is 5.88 Å². The maximum absolute atomic E-state index is 5.09. The third kappa shape index (κ3) is 4.12. The molecule has 2 unspecified atom stereocenters. The second-order valence-corrected chi connectivity index (χ2v) is 7.00. The van der Waals surface area contributed by atoms with Crippen molar-refractivity contribution < 1.29 is 4.74 Å². The molecule has 2 rings (SSSR count). The molecule has 0 aromatic carbocycles. The fourth-order valence-corrected chi connectivity index (χ4v) is 3.13. The molecule has 112 valence electrons. The molecular formula is C17H28N2O. The molecule has 0 spiro atoms. The molecule has 1 aromatic heterocycles. The highest BCUT2D eigenvalue weighted by atomic mass is 16.5. The van der Waals surface area contributed by atoms with Gasteiger partial charge in [0.2, 0.25) is 5.88 Å². The van der Waals surface area contributed by atoms with Crippen molar-refractivity contribution in [1.82, 2.24) is 4.98 Å². The smallest absolute Gasteiger partial charge is 0.213 e. The molecule has 1 aromatic rings. The third-order valence-electron chi connectivity index (χ3n) is 4.51. The average Bonchev–Trinajstić information content (AvgIpc) is 2.65. The SMILES string of the molecule is COc1ccc(NC2CCCC(C(C)(C)C)CC2)cn1. The van der Waals surface area contributed by atoms with Crippen LogP contribution in [0.25, 0.3) is 0 Å². The summed E-state index contributed by atoms with van der Waals surface area (Å²) in [6.07, 6.45) is 8.40. The molecule has 2 atom stereocenters. The Morgan fingerprint density at radius 3 is 2.55 bits per heavy atom. The van der Waals surface area contributed by atoms with Crippen LogP contribution in [0.15, 0.2) is 18.3 Å². The lowest BCUT2D eigenvalue weighted by atomic mass is 9.76. The molecule has 1 aliphatic rings. The zero-order valence-corrected chi connectivity index (χ0v) is 13.3. The van der Waals surface area contributed by atoms with Crippen LogP contribution in [0.4, 0.5) is 5.69 Å². The number of methoxy groups -OCH3 is 1. The van der Waals surface area contributed by atoms with Crippen LogP contribution in [0.3, 0.4) is 0 Å². The summed E-state index contributed by atoms with van der Waals surface area (Å²) in [5.41, 5.74) is 1.54. The minimum atomic E-state index is 0.441. The van der Waals surface area contributed by atoms with Crippen molar-refractivity contribution >= 4 is 5.69 Å². The van der Waals surface area contributed by atoms with Gasteiger partial charge >= 0.3 is 0 Å². The predicted octanol–water partition coefficient (Wildman–Crippen LogP) is 4.50. The molecule has 0 saturated heterocycles. The van der Waals surface area contributed by atoms with Gasteiger partial charge in [-0.25, -0.2) is 4.98 Å². The summed E-state index contributed by atoms with van der Waals surface area (Å²) in [5, 5.41) is 3.63. The monoisotopic (exact) mass is 276 g/mol. The van der Waals surface area contributed by atoms with Crippen molar-refractivity contribution in [2.45, 2.75) is 58.9 Å². The Kier molecular flexibility index (Phi) is 4.90. The quantitative estimate of drug-likeness (QED) is 0.825. The largest absolute Gasteiger partial charge is 0.481 e. The number of pyridine rings is 1. The summed E-state index contributed by atoms with van der Waals surface area (Å²) >= 11 is 0. The van der Waals surface area contributed by atoms with Crippen molar-refractivity contribution in [3.63, 3.8) is 0 Å². The number of anilines is 1. The first kappa shape index (κ1) is 15.1. The zero-order chi connectivity index (χ0) is 14.6. The van der Waals surface area contributed by atoms with E-state index in [9.17, 15) is 0 Å². The van der Waals surface area contributed by atoms with Crippen molar-refractivity contribution in [2.24, 2.45) is 11.3 Å². The molecular weight excluding hydrogens is 248 g/mol. The van der Waals surface area contributed by atoms with Gasteiger partial charge in [0.15, 0.2) is 0 Å². The van der Waals surface area contributed by atoms with Gasteiger partial charge in [-0.15, -0.1) is 0 Å². The van der Waals surface area contributed by atoms with E-state index in [-0.39, 0.29) is 0 Å². The van der Waals surface area contributed by atoms with E-state index in [0.717, 1.165) is 11.6 Å². The molecule has 0 radical (unpaired) electrons. The number of hydrogen-bond donors (Lipinski definition) is 1. The Hall–Kier alpha value is -1.25. The van der Waals surface area contributed by atoms with E-state index in [4.69, 9.17) is 4.74 Å². The molecule has 0 aliphatic heterocycles. The lowest BCUT2D eigenvalue weighted by Crippen LogP contribution is -2.21. The van der Waals surface area contributed by atoms with Crippen LogP contribution >= 0.6 is 0 Å². The maximum atomic E-state index is 5.09. The second-order valence-electron chi connectivity index (χ2n) is 7.00. The Morgan fingerprint density at radius 2 is 1.95 bits per heavy atom. The van der Waals surface area contributed by atoms with E-state index in [1.807, 2.05) is 12.3 Å². The Bertz CT molecular complexity index is 408. The molecule has 20 heavy (non-hydrogen) atoms. The van der Waals surface area contributed by atoms with E-state index in [1.165, 1.54) is 32.1 Å². The fourth-order valence-electron chi connectivity index (χ4n) is 3.13. The van der Waals surface area contributed by atoms with Gasteiger partial charge in [-0.3, -0.25) is 0 Å². The van der Waals surface area contributed by atoms with Crippen LogP contribution in [0.1, 0.15) is 52.9 Å². The lowest BCUT2D eigenvalue weighted by molar-refractivity contribution is 0.214. The summed E-state index contributed by atoms with van der Waals surface area (Å²) in [5.74, 6) is 1.52. The van der Waals surface area contributed by atoms with Gasteiger partial charge in [0.1, 0.15) is 0 Å². The highest BCUT2D eigenvalue weighted by Crippen LogP contribution is 2.37. The Balaban J connectivity index is 1.90. The van der Waals surface area contributed by atoms with Gasteiger partial charge in [-0.2, -0.15) is 0 Å². The summed E-state index contributed by atoms with van der Waals surface area (Å²) in [7, 11) is 1.65. The van der Waals surface area contributed by atoms with Gasteiger partial charge in [0.05, 0.1) is 19.0 Å². The molecule has 1 fully saturated rings. The second kappa shape index (κ2) is 6.47. The normalized spacial score (nSPS) is 24.0. The molecule has 0 bridgehead atoms. The lowest BCUT2D eigenvalue weighted by Gasteiger charge is -2.29. The van der Waals surface area contributed by atoms with Crippen LogP contribution in [-0.2, 0) is 0 Å². The summed E-state index contributed by atoms with van der Waals surface area (Å²) in [4.78, 5) is 4.26. The molecule has 1 saturated carbocycles. The highest BCUT2D eigenvalue weighted by molar-refractivity contribution is 5.42. The number of nitrogens with zero attached hydrogens (tertiary/aromatic N) is 1. The molecule has 0 amide bonds. The van der Waals surface area contributed by atoms with Gasteiger partial charge in [0, 0.05) is 12.1 Å². The van der Waals surface area contributed by atoms with Crippen molar-refractivity contribution in [3.8, 4) is 5.88 Å². The fraction of sp³-hybridized carbons (Fsp3) is 0.706. The Morgan fingerprint density at radius 1 is 1.15 bits per heavy atom. The highest BCUT2D eigenvalue weighted by Gasteiger charge is 2.27. The van der Waals surface area contributed by atoms with Gasteiger partial charge in [-0.05, 0) is 43.1 Å². The minimum absolute atomic E-state index is 0.441. The first-order valence-corrected chi connectivity index (χ1v) is 7.75. The average molecular weight is 276 g/mol. The van der Waals surface area contributed by atoms with Crippen LogP contribution in [0, 0.1) is 11.3 Å². The first-order valence-electron chi connectivity index (χ1n) is 7.75. The first-order chi connectivity index (χ1) is 9.49. The van der Waals surface area contributed by atoms with E-state index >= 15 is 0 Å².